The number of hydrogen-bond donors (Lipinski definition) is 0. The van der Waals surface area contributed by atoms with Crippen molar-refractivity contribution in [3.63, 3.8) is 0 Å². The van der Waals surface area contributed by atoms with Gasteiger partial charge in [0.2, 0.25) is 5.91 Å². The van der Waals surface area contributed by atoms with E-state index in [2.05, 4.69) is 57.0 Å². The van der Waals surface area contributed by atoms with E-state index < -0.39 is 11.9 Å². The van der Waals surface area contributed by atoms with Gasteiger partial charge in [-0.15, -0.1) is 0 Å². The molecule has 0 spiro atoms. The number of benzene rings is 1. The quantitative estimate of drug-likeness (QED) is 0.205. The first-order valence-corrected chi connectivity index (χ1v) is 12.9. The van der Waals surface area contributed by atoms with Gasteiger partial charge in [0.05, 0.1) is 0 Å². The lowest BCUT2D eigenvalue weighted by molar-refractivity contribution is -0.157. The summed E-state index contributed by atoms with van der Waals surface area (Å²) >= 11 is 0. The van der Waals surface area contributed by atoms with Gasteiger partial charge in [-0.05, 0) is 67.4 Å². The summed E-state index contributed by atoms with van der Waals surface area (Å²) in [6, 6.07) is 6.12. The van der Waals surface area contributed by atoms with Gasteiger partial charge in [0, 0.05) is 25.8 Å². The zero-order valence-electron chi connectivity index (χ0n) is 23.4. The maximum Gasteiger partial charge on any atom is 0.319 e. The van der Waals surface area contributed by atoms with Crippen molar-refractivity contribution in [1.82, 2.24) is 4.90 Å². The van der Waals surface area contributed by atoms with Crippen molar-refractivity contribution >= 4 is 23.7 Å². The Morgan fingerprint density at radius 3 is 2.29 bits per heavy atom. The molecule has 1 amide bonds. The van der Waals surface area contributed by atoms with Crippen LogP contribution < -0.4 is 0 Å². The first-order valence-electron chi connectivity index (χ1n) is 12.9. The zero-order valence-corrected chi connectivity index (χ0v) is 23.4. The Morgan fingerprint density at radius 2 is 1.71 bits per heavy atom. The van der Waals surface area contributed by atoms with Gasteiger partial charge in [-0.2, -0.15) is 0 Å². The van der Waals surface area contributed by atoms with Gasteiger partial charge < -0.3 is 9.64 Å². The maximum absolute atomic E-state index is 13.6. The predicted molar refractivity (Wildman–Crippen MR) is 147 cm³/mol. The highest BCUT2D eigenvalue weighted by molar-refractivity contribution is 5.98. The summed E-state index contributed by atoms with van der Waals surface area (Å²) in [4.78, 5) is 32.8. The van der Waals surface area contributed by atoms with Crippen LogP contribution in [-0.2, 0) is 27.4 Å². The van der Waals surface area contributed by atoms with E-state index in [0.717, 1.165) is 23.3 Å². The molecular formula is C30H46N2O3. The number of fused-ring (bicyclic) bond motifs is 1. The minimum absolute atomic E-state index is 0.155. The van der Waals surface area contributed by atoms with Gasteiger partial charge in [-0.1, -0.05) is 71.4 Å². The highest BCUT2D eigenvalue weighted by atomic mass is 16.5. The Balaban J connectivity index is 0.00000298. The largest absolute Gasteiger partial charge is 0.460 e. The van der Waals surface area contributed by atoms with Crippen molar-refractivity contribution in [2.75, 3.05) is 20.1 Å². The molecule has 0 fully saturated rings. The Morgan fingerprint density at radius 1 is 1.09 bits per heavy atom. The third kappa shape index (κ3) is 10.2. The molecule has 0 saturated carbocycles. The number of ether oxygens (including phenoxy) is 1. The van der Waals surface area contributed by atoms with Crippen LogP contribution in [0, 0.1) is 17.8 Å². The lowest BCUT2D eigenvalue weighted by atomic mass is 9.96. The van der Waals surface area contributed by atoms with Gasteiger partial charge >= 0.3 is 5.97 Å². The minimum Gasteiger partial charge on any atom is -0.460 e. The van der Waals surface area contributed by atoms with Crippen LogP contribution >= 0.6 is 0 Å². The number of amides is 1. The van der Waals surface area contributed by atoms with E-state index in [4.69, 9.17) is 4.74 Å². The van der Waals surface area contributed by atoms with Crippen molar-refractivity contribution in [2.45, 2.75) is 74.8 Å². The molecule has 0 aromatic heterocycles. The average molecular weight is 483 g/mol. The number of aliphatic imine (C=N–C) groups is 1. The van der Waals surface area contributed by atoms with Crippen LogP contribution in [0.5, 0.6) is 0 Å². The normalized spacial score (nSPS) is 13.9. The summed E-state index contributed by atoms with van der Waals surface area (Å²) in [5.41, 5.74) is 5.18. The van der Waals surface area contributed by atoms with E-state index >= 15 is 0 Å². The Bertz CT molecular complexity index is 916. The van der Waals surface area contributed by atoms with Crippen LogP contribution in [-0.4, -0.2) is 42.6 Å². The van der Waals surface area contributed by atoms with Gasteiger partial charge in [0.1, 0.15) is 12.5 Å². The second-order valence-electron chi connectivity index (χ2n) is 9.89. The SMILES string of the molecule is CC.CN=C(C)/C=C(\C)CC(C(=O)OCc1ccc2c(c1)C=CC2)C(=O)N(CC(C)C)CC(C)C. The molecule has 1 aliphatic carbocycles. The summed E-state index contributed by atoms with van der Waals surface area (Å²) in [6.07, 6.45) is 7.41. The van der Waals surface area contributed by atoms with Crippen molar-refractivity contribution in [3.05, 3.63) is 52.6 Å². The van der Waals surface area contributed by atoms with Crippen molar-refractivity contribution < 1.29 is 14.3 Å². The molecular weight excluding hydrogens is 436 g/mol. The fraction of sp³-hybridized carbons (Fsp3) is 0.567. The topological polar surface area (TPSA) is 59.0 Å². The standard InChI is InChI=1S/C28H40N2O3.C2H6/c1-19(2)16-30(17-20(3)4)27(31)26(14-21(5)13-22(6)29-7)28(32)33-18-23-11-12-24-9-8-10-25(24)15-23;1-2/h8,10-13,15,19-20,26H,9,14,16-18H2,1-7H3;1-2H3/b21-13+,29-22?;. The third-order valence-corrected chi connectivity index (χ3v) is 5.63. The van der Waals surface area contributed by atoms with E-state index in [1.807, 2.05) is 44.7 Å². The highest BCUT2D eigenvalue weighted by Gasteiger charge is 2.33. The van der Waals surface area contributed by atoms with Crippen molar-refractivity contribution in [3.8, 4) is 0 Å². The first kappa shape index (κ1) is 30.3. The molecule has 5 heteroatoms. The fourth-order valence-electron chi connectivity index (χ4n) is 4.07. The average Bonchev–Trinajstić information content (AvgIpc) is 3.28. The number of nitrogens with zero attached hydrogens (tertiary/aromatic N) is 2. The molecule has 194 valence electrons. The molecule has 1 aromatic rings. The third-order valence-electron chi connectivity index (χ3n) is 5.63. The Hall–Kier alpha value is -2.69. The Labute approximate surface area is 213 Å². The second-order valence-corrected chi connectivity index (χ2v) is 9.89. The number of carbonyl (C=O) groups excluding carboxylic acids is 2. The second kappa shape index (κ2) is 15.3. The molecule has 0 radical (unpaired) electrons. The molecule has 0 heterocycles. The number of hydrogen-bond acceptors (Lipinski definition) is 4. The summed E-state index contributed by atoms with van der Waals surface area (Å²) < 4.78 is 5.70. The van der Waals surface area contributed by atoms with Crippen molar-refractivity contribution in [2.24, 2.45) is 22.7 Å². The number of carbonyl (C=O) groups is 2. The van der Waals surface area contributed by atoms with Crippen molar-refractivity contribution in [1.29, 1.82) is 0 Å². The molecule has 1 aliphatic rings. The molecule has 2 rings (SSSR count). The maximum atomic E-state index is 13.6. The molecule has 0 aliphatic heterocycles. The number of rotatable bonds is 11. The van der Waals surface area contributed by atoms with Gasteiger partial charge in [0.25, 0.3) is 0 Å². The molecule has 35 heavy (non-hydrogen) atoms. The van der Waals surface area contributed by atoms with Gasteiger partial charge in [0.15, 0.2) is 0 Å². The van der Waals surface area contributed by atoms with Crippen LogP contribution in [0.1, 0.15) is 78.5 Å². The van der Waals surface area contributed by atoms with Gasteiger partial charge in [-0.3, -0.25) is 14.6 Å². The first-order chi connectivity index (χ1) is 16.6. The van der Waals surface area contributed by atoms with Crippen LogP contribution in [0.25, 0.3) is 6.08 Å². The zero-order chi connectivity index (χ0) is 26.5. The van der Waals surface area contributed by atoms with Gasteiger partial charge in [-0.25, -0.2) is 0 Å². The Kier molecular flexibility index (Phi) is 13.3. The fourth-order valence-corrected chi connectivity index (χ4v) is 4.07. The van der Waals surface area contributed by atoms with Crippen LogP contribution in [0.3, 0.4) is 0 Å². The molecule has 0 saturated heterocycles. The number of allylic oxidation sites excluding steroid dienone is 3. The van der Waals surface area contributed by atoms with E-state index in [-0.39, 0.29) is 12.5 Å². The van der Waals surface area contributed by atoms with E-state index in [1.165, 1.54) is 11.1 Å². The summed E-state index contributed by atoms with van der Waals surface area (Å²) in [7, 11) is 1.73. The lowest BCUT2D eigenvalue weighted by Gasteiger charge is -2.29. The predicted octanol–water partition coefficient (Wildman–Crippen LogP) is 6.51. The van der Waals surface area contributed by atoms with Crippen LogP contribution in [0.4, 0.5) is 0 Å². The molecule has 0 bridgehead atoms. The lowest BCUT2D eigenvalue weighted by Crippen LogP contribution is -2.43. The summed E-state index contributed by atoms with van der Waals surface area (Å²) in [5, 5.41) is 0. The van der Waals surface area contributed by atoms with E-state index in [9.17, 15) is 9.59 Å². The monoisotopic (exact) mass is 482 g/mol. The molecule has 1 aromatic carbocycles. The minimum atomic E-state index is -0.863. The van der Waals surface area contributed by atoms with E-state index in [0.29, 0.717) is 31.3 Å². The number of esters is 1. The molecule has 1 atom stereocenters. The highest BCUT2D eigenvalue weighted by Crippen LogP contribution is 2.23. The van der Waals surface area contributed by atoms with Crippen LogP contribution in [0.15, 0.2) is 40.9 Å². The molecule has 5 nitrogen and oxygen atoms in total. The molecule has 1 unspecified atom stereocenters. The molecule has 0 N–H and O–H groups in total. The smallest absolute Gasteiger partial charge is 0.319 e. The summed E-state index contributed by atoms with van der Waals surface area (Å²) in [5.74, 6) is -0.854. The van der Waals surface area contributed by atoms with Crippen LogP contribution in [0.2, 0.25) is 0 Å². The van der Waals surface area contributed by atoms with E-state index in [1.54, 1.807) is 7.05 Å². The summed E-state index contributed by atoms with van der Waals surface area (Å²) in [6.45, 7) is 17.6.